The Labute approximate surface area is 131 Å². The minimum absolute atomic E-state index is 0.00549. The molecule has 0 aliphatic heterocycles. The van der Waals surface area contributed by atoms with Gasteiger partial charge in [-0.05, 0) is 25.8 Å². The third-order valence-corrected chi connectivity index (χ3v) is 3.22. The van der Waals surface area contributed by atoms with Crippen LogP contribution in [0.3, 0.4) is 0 Å². The van der Waals surface area contributed by atoms with Crippen LogP contribution in [0.1, 0.15) is 35.6 Å². The van der Waals surface area contributed by atoms with Crippen LogP contribution < -0.4 is 0 Å². The first-order valence-electron chi connectivity index (χ1n) is 7.18. The maximum atomic E-state index is 12.8. The molecular weight excluding hydrogens is 311 g/mol. The molecule has 0 N–H and O–H groups in total. The van der Waals surface area contributed by atoms with Crippen LogP contribution in [0.15, 0.2) is 10.6 Å². The molecule has 5 nitrogen and oxygen atoms in total. The molecule has 0 aliphatic rings. The molecule has 0 radical (unpaired) electrons. The van der Waals surface area contributed by atoms with Gasteiger partial charge in [0.1, 0.15) is 6.54 Å². The number of rotatable bonds is 4. The SMILES string of the molecule is Cc1cc(C(=O)N(CC(C)C)CC(F)(F)F)c2c(C)noc2n1. The van der Waals surface area contributed by atoms with Gasteiger partial charge in [-0.2, -0.15) is 13.2 Å². The summed E-state index contributed by atoms with van der Waals surface area (Å²) in [5, 5.41) is 4.10. The molecule has 2 rings (SSSR count). The van der Waals surface area contributed by atoms with Gasteiger partial charge in [0.25, 0.3) is 11.6 Å². The van der Waals surface area contributed by atoms with Crippen molar-refractivity contribution in [3.8, 4) is 0 Å². The lowest BCUT2D eigenvalue weighted by atomic mass is 10.1. The van der Waals surface area contributed by atoms with Crippen molar-refractivity contribution in [2.45, 2.75) is 33.9 Å². The fraction of sp³-hybridized carbons (Fsp3) is 0.533. The number of carbonyl (C=O) groups is 1. The highest BCUT2D eigenvalue weighted by atomic mass is 19.4. The van der Waals surface area contributed by atoms with E-state index in [0.717, 1.165) is 4.90 Å². The highest BCUT2D eigenvalue weighted by Crippen LogP contribution is 2.25. The maximum absolute atomic E-state index is 12.8. The number of halogens is 3. The summed E-state index contributed by atoms with van der Waals surface area (Å²) in [6.45, 7) is 5.49. The zero-order chi connectivity index (χ0) is 17.4. The van der Waals surface area contributed by atoms with Crippen molar-refractivity contribution < 1.29 is 22.5 Å². The zero-order valence-corrected chi connectivity index (χ0v) is 13.4. The topological polar surface area (TPSA) is 59.2 Å². The number of pyridine rings is 1. The molecule has 0 bridgehead atoms. The highest BCUT2D eigenvalue weighted by Gasteiger charge is 2.34. The number of amides is 1. The Balaban J connectivity index is 2.49. The second-order valence-electron chi connectivity index (χ2n) is 5.95. The first-order valence-corrected chi connectivity index (χ1v) is 7.18. The Morgan fingerprint density at radius 1 is 1.35 bits per heavy atom. The van der Waals surface area contributed by atoms with Crippen LogP contribution in [0.4, 0.5) is 13.2 Å². The van der Waals surface area contributed by atoms with E-state index in [1.54, 1.807) is 27.7 Å². The van der Waals surface area contributed by atoms with E-state index < -0.39 is 18.6 Å². The molecule has 2 heterocycles. The molecule has 8 heteroatoms. The Morgan fingerprint density at radius 2 is 2.00 bits per heavy atom. The minimum Gasteiger partial charge on any atom is -0.336 e. The van der Waals surface area contributed by atoms with E-state index in [1.165, 1.54) is 6.07 Å². The number of hydrogen-bond acceptors (Lipinski definition) is 4. The number of alkyl halides is 3. The average molecular weight is 329 g/mol. The molecule has 126 valence electrons. The molecule has 0 aliphatic carbocycles. The van der Waals surface area contributed by atoms with Gasteiger partial charge in [-0.15, -0.1) is 0 Å². The maximum Gasteiger partial charge on any atom is 0.406 e. The van der Waals surface area contributed by atoms with Crippen molar-refractivity contribution in [1.82, 2.24) is 15.0 Å². The largest absolute Gasteiger partial charge is 0.406 e. The van der Waals surface area contributed by atoms with Crippen molar-refractivity contribution >= 4 is 17.0 Å². The monoisotopic (exact) mass is 329 g/mol. The number of aryl methyl sites for hydroxylation is 2. The summed E-state index contributed by atoms with van der Waals surface area (Å²) in [7, 11) is 0. The fourth-order valence-corrected chi connectivity index (χ4v) is 2.43. The van der Waals surface area contributed by atoms with Gasteiger partial charge < -0.3 is 9.42 Å². The van der Waals surface area contributed by atoms with Crippen molar-refractivity contribution in [2.75, 3.05) is 13.1 Å². The summed E-state index contributed by atoms with van der Waals surface area (Å²) < 4.78 is 43.5. The van der Waals surface area contributed by atoms with Crippen molar-refractivity contribution in [3.63, 3.8) is 0 Å². The van der Waals surface area contributed by atoms with Gasteiger partial charge in [0.15, 0.2) is 0 Å². The fourth-order valence-electron chi connectivity index (χ4n) is 2.43. The van der Waals surface area contributed by atoms with Crippen molar-refractivity contribution in [3.05, 3.63) is 23.0 Å². The molecule has 0 unspecified atom stereocenters. The summed E-state index contributed by atoms with van der Waals surface area (Å²) >= 11 is 0. The van der Waals surface area contributed by atoms with Crippen LogP contribution in [0.2, 0.25) is 0 Å². The molecule has 0 saturated heterocycles. The van der Waals surface area contributed by atoms with Crippen LogP contribution in [0, 0.1) is 19.8 Å². The van der Waals surface area contributed by atoms with E-state index in [9.17, 15) is 18.0 Å². The van der Waals surface area contributed by atoms with Crippen molar-refractivity contribution in [2.24, 2.45) is 5.92 Å². The Bertz CT molecular complexity index is 723. The Kier molecular flexibility index (Phi) is 4.63. The number of fused-ring (bicyclic) bond motifs is 1. The van der Waals surface area contributed by atoms with Crippen LogP contribution in [0.5, 0.6) is 0 Å². The molecule has 2 aromatic rings. The normalized spacial score (nSPS) is 12.2. The summed E-state index contributed by atoms with van der Waals surface area (Å²) in [5.41, 5.74) is 1.19. The van der Waals surface area contributed by atoms with E-state index in [2.05, 4.69) is 10.1 Å². The number of nitrogens with zero attached hydrogens (tertiary/aromatic N) is 3. The first-order chi connectivity index (χ1) is 10.6. The molecule has 23 heavy (non-hydrogen) atoms. The molecule has 0 atom stereocenters. The van der Waals surface area contributed by atoms with Crippen LogP contribution in [-0.2, 0) is 0 Å². The quantitative estimate of drug-likeness (QED) is 0.861. The van der Waals surface area contributed by atoms with Crippen molar-refractivity contribution in [1.29, 1.82) is 0 Å². The zero-order valence-electron chi connectivity index (χ0n) is 13.4. The predicted octanol–water partition coefficient (Wildman–Crippen LogP) is 3.50. The van der Waals surface area contributed by atoms with Gasteiger partial charge in [0, 0.05) is 12.2 Å². The van der Waals surface area contributed by atoms with E-state index in [1.807, 2.05) is 0 Å². The van der Waals surface area contributed by atoms with Gasteiger partial charge in [0.05, 0.1) is 16.6 Å². The summed E-state index contributed by atoms with van der Waals surface area (Å²) in [4.78, 5) is 17.6. The van der Waals surface area contributed by atoms with E-state index in [-0.39, 0.29) is 23.7 Å². The first kappa shape index (κ1) is 17.2. The third kappa shape index (κ3) is 4.00. The molecule has 0 fully saturated rings. The lowest BCUT2D eigenvalue weighted by Gasteiger charge is -2.26. The second-order valence-corrected chi connectivity index (χ2v) is 5.95. The van der Waals surface area contributed by atoms with Crippen LogP contribution in [-0.4, -0.2) is 40.2 Å². The standard InChI is InChI=1S/C15H18F3N3O2/c1-8(2)6-21(7-15(16,17)18)14(22)11-5-9(3)19-13-12(11)10(4)20-23-13/h5,8H,6-7H2,1-4H3. The molecule has 0 aromatic carbocycles. The van der Waals surface area contributed by atoms with Gasteiger partial charge >= 0.3 is 6.18 Å². The molecule has 2 aromatic heterocycles. The van der Waals surface area contributed by atoms with Crippen LogP contribution in [0.25, 0.3) is 11.1 Å². The van der Waals surface area contributed by atoms with E-state index in [4.69, 9.17) is 4.52 Å². The minimum atomic E-state index is -4.46. The summed E-state index contributed by atoms with van der Waals surface area (Å²) in [6, 6.07) is 1.47. The Hall–Kier alpha value is -2.12. The number of carbonyl (C=O) groups excluding carboxylic acids is 1. The second kappa shape index (κ2) is 6.17. The van der Waals surface area contributed by atoms with Gasteiger partial charge in [-0.1, -0.05) is 19.0 Å². The smallest absolute Gasteiger partial charge is 0.336 e. The molecular formula is C15H18F3N3O2. The molecule has 0 saturated carbocycles. The predicted molar refractivity (Wildman–Crippen MR) is 78.1 cm³/mol. The van der Waals surface area contributed by atoms with E-state index in [0.29, 0.717) is 16.8 Å². The highest BCUT2D eigenvalue weighted by molar-refractivity contribution is 6.06. The van der Waals surface area contributed by atoms with Gasteiger partial charge in [-0.25, -0.2) is 4.98 Å². The molecule has 0 spiro atoms. The lowest BCUT2D eigenvalue weighted by molar-refractivity contribution is -0.141. The lowest BCUT2D eigenvalue weighted by Crippen LogP contribution is -2.41. The van der Waals surface area contributed by atoms with Crippen LogP contribution >= 0.6 is 0 Å². The number of aromatic nitrogens is 2. The number of hydrogen-bond donors (Lipinski definition) is 0. The van der Waals surface area contributed by atoms with Gasteiger partial charge in [-0.3, -0.25) is 4.79 Å². The summed E-state index contributed by atoms with van der Waals surface area (Å²) in [6.07, 6.45) is -4.46. The third-order valence-electron chi connectivity index (χ3n) is 3.22. The Morgan fingerprint density at radius 3 is 2.57 bits per heavy atom. The van der Waals surface area contributed by atoms with E-state index >= 15 is 0 Å². The average Bonchev–Trinajstić information content (AvgIpc) is 2.75. The molecule has 1 amide bonds. The summed E-state index contributed by atoms with van der Waals surface area (Å²) in [5.74, 6) is -0.791. The van der Waals surface area contributed by atoms with Gasteiger partial charge in [0.2, 0.25) is 0 Å².